The third kappa shape index (κ3) is 10.3. The van der Waals surface area contributed by atoms with E-state index in [0.29, 0.717) is 39.4 Å². The molecule has 0 aliphatic carbocycles. The molecule has 1 atom stereocenters. The highest BCUT2D eigenvalue weighted by atomic mass is 28.4. The van der Waals surface area contributed by atoms with Gasteiger partial charge in [0.1, 0.15) is 22.8 Å². The minimum absolute atomic E-state index is 0.0652. The normalized spacial score (nSPS) is 12.4. The van der Waals surface area contributed by atoms with E-state index in [1.165, 1.54) is 39.5 Å². The first-order chi connectivity index (χ1) is 26.4. The van der Waals surface area contributed by atoms with Crippen LogP contribution in [-0.4, -0.2) is 63.9 Å². The maximum absolute atomic E-state index is 14.6. The molecule has 0 aliphatic heterocycles. The summed E-state index contributed by atoms with van der Waals surface area (Å²) in [5.74, 6) is -1.83. The molecule has 1 N–H and O–H groups in total. The number of methoxy groups -OCH3 is 3. The van der Waals surface area contributed by atoms with Crippen LogP contribution in [-0.2, 0) is 30.0 Å². The zero-order valence-electron chi connectivity index (χ0n) is 34.0. The van der Waals surface area contributed by atoms with Crippen molar-refractivity contribution in [3.63, 3.8) is 0 Å². The number of carbonyl (C=O) groups excluding carboxylic acids is 4. The summed E-state index contributed by atoms with van der Waals surface area (Å²) in [7, 11) is 1.66. The summed E-state index contributed by atoms with van der Waals surface area (Å²) in [6.07, 6.45) is 2.28. The Balaban J connectivity index is 1.87. The molecule has 1 heterocycles. The lowest BCUT2D eigenvalue weighted by Gasteiger charge is -2.39. The Bertz CT molecular complexity index is 2060. The highest BCUT2D eigenvalue weighted by Gasteiger charge is 2.40. The Labute approximate surface area is 330 Å². The van der Waals surface area contributed by atoms with Crippen LogP contribution >= 0.6 is 0 Å². The number of allylic oxidation sites excluding steroid dienone is 1. The zero-order chi connectivity index (χ0) is 41.4. The second-order valence-electron chi connectivity index (χ2n) is 15.3. The summed E-state index contributed by atoms with van der Waals surface area (Å²) in [6, 6.07) is 20.1. The third-order valence-corrected chi connectivity index (χ3v) is 14.6. The number of benzene rings is 3. The van der Waals surface area contributed by atoms with Gasteiger partial charge in [-0.1, -0.05) is 69.3 Å². The molecule has 1 amide bonds. The quantitative estimate of drug-likeness (QED) is 0.0678. The second kappa shape index (κ2) is 18.5. The van der Waals surface area contributed by atoms with Gasteiger partial charge < -0.3 is 28.5 Å². The summed E-state index contributed by atoms with van der Waals surface area (Å²) >= 11 is 0. The molecule has 4 aromatic rings. The van der Waals surface area contributed by atoms with E-state index < -0.39 is 38.1 Å². The fraction of sp³-hybridized carbons (Fsp3) is 0.364. The van der Waals surface area contributed by atoms with Crippen molar-refractivity contribution < 1.29 is 42.2 Å². The number of hydrogen-bond acceptors (Lipinski definition) is 8. The largest absolute Gasteiger partial charge is 0.496 e. The van der Waals surface area contributed by atoms with E-state index >= 15 is 0 Å². The second-order valence-corrected chi connectivity index (χ2v) is 20.1. The van der Waals surface area contributed by atoms with E-state index in [4.69, 9.17) is 18.6 Å². The first-order valence-corrected chi connectivity index (χ1v) is 21.4. The summed E-state index contributed by atoms with van der Waals surface area (Å²) in [6.45, 7) is 14.3. The number of halogens is 1. The van der Waals surface area contributed by atoms with Gasteiger partial charge in [-0.3, -0.25) is 14.4 Å². The fourth-order valence-corrected chi connectivity index (χ4v) is 7.56. The zero-order valence-corrected chi connectivity index (χ0v) is 35.0. The predicted octanol–water partition coefficient (Wildman–Crippen LogP) is 9.19. The fourth-order valence-electron chi connectivity index (χ4n) is 6.21. The molecule has 0 saturated carbocycles. The molecule has 3 aromatic carbocycles. The lowest BCUT2D eigenvalue weighted by atomic mass is 9.94. The van der Waals surface area contributed by atoms with Gasteiger partial charge in [-0.05, 0) is 85.1 Å². The van der Waals surface area contributed by atoms with Crippen molar-refractivity contribution >= 4 is 38.0 Å². The van der Waals surface area contributed by atoms with Crippen LogP contribution in [0.4, 0.5) is 4.39 Å². The van der Waals surface area contributed by atoms with Crippen molar-refractivity contribution in [1.82, 2.24) is 9.88 Å². The minimum Gasteiger partial charge on any atom is -0.496 e. The molecule has 0 fully saturated rings. The number of carbonyl (C=O) groups is 4. The standard InChI is InChI=1S/C44H53FN2O8Si/c1-28(2)47-36(22-21-33(48)25-34(26-38(49)53-7)55-56(9,10)44(3,4)5)39(31-17-19-32(45)20-18-31)40(30-14-12-11-13-15-30)41(47)42(50)46-27-29-16-23-37(52-6)35(24-29)43(51)54-8/h11-24,28,34H,25-27H2,1-10H3,(H,46,50)/b22-21+/t34-/m0/s1. The molecule has 0 saturated heterocycles. The van der Waals surface area contributed by atoms with E-state index in [2.05, 4.69) is 39.2 Å². The molecule has 4 rings (SSSR count). The van der Waals surface area contributed by atoms with E-state index in [9.17, 15) is 23.6 Å². The highest BCUT2D eigenvalue weighted by Crippen LogP contribution is 2.43. The Morgan fingerprint density at radius 1 is 0.857 bits per heavy atom. The molecule has 0 aliphatic rings. The molecule has 0 radical (unpaired) electrons. The molecule has 0 bridgehead atoms. The van der Waals surface area contributed by atoms with Crippen molar-refractivity contribution in [2.24, 2.45) is 0 Å². The maximum atomic E-state index is 14.6. The van der Waals surface area contributed by atoms with E-state index in [1.54, 1.807) is 36.4 Å². The molecule has 298 valence electrons. The number of ether oxygens (including phenoxy) is 3. The lowest BCUT2D eigenvalue weighted by Crippen LogP contribution is -2.44. The lowest BCUT2D eigenvalue weighted by molar-refractivity contribution is -0.142. The monoisotopic (exact) mass is 784 g/mol. The highest BCUT2D eigenvalue weighted by molar-refractivity contribution is 6.74. The summed E-state index contributed by atoms with van der Waals surface area (Å²) < 4.78 is 38.0. The average molecular weight is 785 g/mol. The van der Waals surface area contributed by atoms with Gasteiger partial charge in [0.15, 0.2) is 14.1 Å². The van der Waals surface area contributed by atoms with Gasteiger partial charge in [0, 0.05) is 30.1 Å². The molecular weight excluding hydrogens is 732 g/mol. The van der Waals surface area contributed by atoms with Crippen LogP contribution in [0.2, 0.25) is 18.1 Å². The Kier molecular flexibility index (Phi) is 14.4. The maximum Gasteiger partial charge on any atom is 0.341 e. The van der Waals surface area contributed by atoms with Crippen LogP contribution in [0, 0.1) is 5.82 Å². The number of ketones is 1. The number of rotatable bonds is 16. The molecule has 0 spiro atoms. The summed E-state index contributed by atoms with van der Waals surface area (Å²) in [4.78, 5) is 53.3. The van der Waals surface area contributed by atoms with Gasteiger partial charge in [0.25, 0.3) is 5.91 Å². The smallest absolute Gasteiger partial charge is 0.341 e. The SMILES string of the molecule is COC(=O)C[C@H](CC(=O)/C=C/c1c(-c2ccc(F)cc2)c(-c2ccccc2)c(C(=O)NCc2ccc(OC)c(C(=O)OC)c2)n1C(C)C)O[Si](C)(C)C(C)(C)C. The van der Waals surface area contributed by atoms with Gasteiger partial charge >= 0.3 is 11.9 Å². The van der Waals surface area contributed by atoms with Gasteiger partial charge in [0.2, 0.25) is 0 Å². The van der Waals surface area contributed by atoms with Crippen LogP contribution in [0.1, 0.15) is 85.6 Å². The molecule has 12 heteroatoms. The first-order valence-electron chi connectivity index (χ1n) is 18.5. The topological polar surface area (TPSA) is 122 Å². The number of nitrogens with one attached hydrogen (secondary N) is 1. The minimum atomic E-state index is -2.38. The van der Waals surface area contributed by atoms with E-state index in [0.717, 1.165) is 5.56 Å². The number of esters is 2. The van der Waals surface area contributed by atoms with Crippen LogP contribution in [0.15, 0.2) is 78.9 Å². The summed E-state index contributed by atoms with van der Waals surface area (Å²) in [5.41, 5.74) is 4.31. The number of hydrogen-bond donors (Lipinski definition) is 1. The Hall–Kier alpha value is -5.33. The molecular formula is C44H53FN2O8Si. The van der Waals surface area contributed by atoms with Crippen molar-refractivity contribution in [2.75, 3.05) is 21.3 Å². The van der Waals surface area contributed by atoms with Crippen LogP contribution in [0.25, 0.3) is 28.3 Å². The van der Waals surface area contributed by atoms with Crippen molar-refractivity contribution in [1.29, 1.82) is 0 Å². The van der Waals surface area contributed by atoms with E-state index in [1.807, 2.05) is 48.7 Å². The third-order valence-electron chi connectivity index (χ3n) is 10.0. The molecule has 0 unspecified atom stereocenters. The average Bonchev–Trinajstić information content (AvgIpc) is 3.51. The Morgan fingerprint density at radius 2 is 1.50 bits per heavy atom. The van der Waals surface area contributed by atoms with Gasteiger partial charge in [-0.2, -0.15) is 0 Å². The van der Waals surface area contributed by atoms with Crippen LogP contribution < -0.4 is 10.1 Å². The predicted molar refractivity (Wildman–Crippen MR) is 219 cm³/mol. The molecule has 10 nitrogen and oxygen atoms in total. The van der Waals surface area contributed by atoms with Crippen LogP contribution in [0.5, 0.6) is 5.75 Å². The van der Waals surface area contributed by atoms with Crippen LogP contribution in [0.3, 0.4) is 0 Å². The van der Waals surface area contributed by atoms with Gasteiger partial charge in [-0.15, -0.1) is 0 Å². The van der Waals surface area contributed by atoms with Crippen molar-refractivity contribution in [3.8, 4) is 28.0 Å². The first kappa shape index (κ1) is 43.4. The number of amides is 1. The molecule has 56 heavy (non-hydrogen) atoms. The van der Waals surface area contributed by atoms with Crippen molar-refractivity contribution in [3.05, 3.63) is 107 Å². The summed E-state index contributed by atoms with van der Waals surface area (Å²) in [5, 5.41) is 2.87. The van der Waals surface area contributed by atoms with Gasteiger partial charge in [0.05, 0.1) is 39.5 Å². The molecule has 1 aromatic heterocycles. The van der Waals surface area contributed by atoms with E-state index in [-0.39, 0.29) is 41.8 Å². The number of nitrogens with zero attached hydrogens (tertiary/aromatic N) is 1. The Morgan fingerprint density at radius 3 is 2.07 bits per heavy atom. The van der Waals surface area contributed by atoms with Gasteiger partial charge in [-0.25, -0.2) is 9.18 Å². The number of aromatic nitrogens is 1. The van der Waals surface area contributed by atoms with Crippen molar-refractivity contribution in [2.45, 2.75) is 84.3 Å².